The van der Waals surface area contributed by atoms with Gasteiger partial charge >= 0.3 is 12.1 Å². The second kappa shape index (κ2) is 6.53. The summed E-state index contributed by atoms with van der Waals surface area (Å²) in [5.74, 6) is -3.81. The number of nitrogens with one attached hydrogen (secondary N) is 1. The molecule has 0 heterocycles. The van der Waals surface area contributed by atoms with E-state index in [9.17, 15) is 27.2 Å². The van der Waals surface area contributed by atoms with Crippen LogP contribution in [0.3, 0.4) is 0 Å². The van der Waals surface area contributed by atoms with E-state index in [4.69, 9.17) is 5.11 Å². The van der Waals surface area contributed by atoms with Crippen molar-refractivity contribution in [2.45, 2.75) is 12.3 Å². The topological polar surface area (TPSA) is 75.6 Å². The molecule has 1 aromatic carbocycles. The number of benzene rings is 1. The first-order valence-corrected chi connectivity index (χ1v) is 5.57. The van der Waals surface area contributed by atoms with Crippen molar-refractivity contribution in [1.82, 2.24) is 5.32 Å². The Morgan fingerprint density at radius 3 is 2.48 bits per heavy atom. The van der Waals surface area contributed by atoms with Crippen LogP contribution < -0.4 is 5.32 Å². The molecule has 1 unspecified atom stereocenters. The van der Waals surface area contributed by atoms with Gasteiger partial charge in [0, 0.05) is 12.7 Å². The maximum Gasteiger partial charge on any atom is 0.419 e. The predicted octanol–water partition coefficient (Wildman–Crippen LogP) is 1.67. The van der Waals surface area contributed by atoms with Crippen molar-refractivity contribution in [3.05, 3.63) is 35.1 Å². The zero-order chi connectivity index (χ0) is 16.2. The lowest BCUT2D eigenvalue weighted by Crippen LogP contribution is -2.37. The fraction of sp³-hybridized carbons (Fsp3) is 0.333. The summed E-state index contributed by atoms with van der Waals surface area (Å²) in [6.45, 7) is -0.441. The molecule has 2 N–H and O–H groups in total. The van der Waals surface area contributed by atoms with Crippen LogP contribution in [0.5, 0.6) is 0 Å². The van der Waals surface area contributed by atoms with Crippen LogP contribution in [0.2, 0.25) is 0 Å². The minimum atomic E-state index is -4.93. The van der Waals surface area contributed by atoms with Gasteiger partial charge in [-0.15, -0.1) is 0 Å². The van der Waals surface area contributed by atoms with Crippen LogP contribution in [0.4, 0.5) is 17.6 Å². The lowest BCUT2D eigenvalue weighted by Gasteiger charge is -2.13. The molecule has 0 fully saturated rings. The first kappa shape index (κ1) is 16.9. The van der Waals surface area contributed by atoms with E-state index in [0.717, 1.165) is 13.2 Å². The summed E-state index contributed by atoms with van der Waals surface area (Å²) < 4.78 is 55.1. The van der Waals surface area contributed by atoms with Gasteiger partial charge in [0.2, 0.25) is 0 Å². The van der Waals surface area contributed by atoms with Gasteiger partial charge in [-0.05, 0) is 18.2 Å². The van der Waals surface area contributed by atoms with Gasteiger partial charge in [-0.25, -0.2) is 9.18 Å². The van der Waals surface area contributed by atoms with E-state index in [1.807, 2.05) is 0 Å². The van der Waals surface area contributed by atoms with Crippen LogP contribution in [-0.4, -0.2) is 36.7 Å². The molecule has 0 saturated heterocycles. The fourth-order valence-electron chi connectivity index (χ4n) is 1.44. The summed E-state index contributed by atoms with van der Waals surface area (Å²) in [7, 11) is 1.10. The van der Waals surface area contributed by atoms with Crippen LogP contribution in [0.25, 0.3) is 0 Å². The van der Waals surface area contributed by atoms with E-state index in [-0.39, 0.29) is 0 Å². The van der Waals surface area contributed by atoms with Gasteiger partial charge in [0.15, 0.2) is 6.10 Å². The molecule has 0 aliphatic rings. The number of carbonyl (C=O) groups excluding carboxylic acids is 1. The number of carboxylic acids is 1. The van der Waals surface area contributed by atoms with Crippen molar-refractivity contribution < 1.29 is 37.0 Å². The third kappa shape index (κ3) is 4.42. The molecule has 21 heavy (non-hydrogen) atoms. The Morgan fingerprint density at radius 2 is 2.00 bits per heavy atom. The highest BCUT2D eigenvalue weighted by atomic mass is 19.4. The minimum Gasteiger partial charge on any atom is -0.479 e. The maximum atomic E-state index is 13.1. The van der Waals surface area contributed by atoms with E-state index in [1.54, 1.807) is 0 Å². The first-order chi connectivity index (χ1) is 9.66. The second-order valence-corrected chi connectivity index (χ2v) is 3.96. The van der Waals surface area contributed by atoms with Gasteiger partial charge in [-0.3, -0.25) is 4.79 Å². The Kier molecular flexibility index (Phi) is 5.25. The maximum absolute atomic E-state index is 13.1. The molecule has 0 radical (unpaired) electrons. The Bertz CT molecular complexity index is 545. The van der Waals surface area contributed by atoms with E-state index in [0.29, 0.717) is 12.1 Å². The lowest BCUT2D eigenvalue weighted by molar-refractivity contribution is -0.148. The highest BCUT2D eigenvalue weighted by Crippen LogP contribution is 2.31. The molecular weight excluding hydrogens is 298 g/mol. The number of halogens is 4. The molecule has 1 atom stereocenters. The highest BCUT2D eigenvalue weighted by molar-refractivity contribution is 5.94. The molecule has 0 spiro atoms. The predicted molar refractivity (Wildman–Crippen MR) is 62.2 cm³/mol. The number of carboxylic acid groups (broad SMARTS) is 1. The van der Waals surface area contributed by atoms with Gasteiger partial charge in [-0.2, -0.15) is 13.2 Å². The Morgan fingerprint density at radius 1 is 1.38 bits per heavy atom. The summed E-state index contributed by atoms with van der Waals surface area (Å²) >= 11 is 0. The number of carbonyl (C=O) groups is 2. The third-order valence-electron chi connectivity index (χ3n) is 2.54. The number of rotatable bonds is 5. The molecule has 0 bridgehead atoms. The van der Waals surface area contributed by atoms with Crippen molar-refractivity contribution in [3.63, 3.8) is 0 Å². The third-order valence-corrected chi connectivity index (χ3v) is 2.54. The number of aliphatic carboxylic acids is 1. The molecule has 5 nitrogen and oxygen atoms in total. The lowest BCUT2D eigenvalue weighted by atomic mass is 10.1. The molecule has 0 aliphatic heterocycles. The SMILES string of the molecule is COC(CNC(=O)c1ccc(F)c(C(F)(F)F)c1)C(=O)O. The standard InChI is InChI=1S/C12H11F4NO4/c1-21-9(11(19)20)5-17-10(18)6-2-3-8(13)7(4-6)12(14,15)16/h2-4,9H,5H2,1H3,(H,17,18)(H,19,20). The Balaban J connectivity index is 2.87. The van der Waals surface area contributed by atoms with Crippen molar-refractivity contribution >= 4 is 11.9 Å². The van der Waals surface area contributed by atoms with Gasteiger partial charge in [0.05, 0.1) is 12.1 Å². The van der Waals surface area contributed by atoms with Gasteiger partial charge in [0.25, 0.3) is 5.91 Å². The van der Waals surface area contributed by atoms with Crippen molar-refractivity contribution in [2.75, 3.05) is 13.7 Å². The van der Waals surface area contributed by atoms with Gasteiger partial charge in [-0.1, -0.05) is 0 Å². The number of hydrogen-bond donors (Lipinski definition) is 2. The Labute approximate surface area is 116 Å². The summed E-state index contributed by atoms with van der Waals surface area (Å²) in [5, 5.41) is 10.8. The summed E-state index contributed by atoms with van der Waals surface area (Å²) in [4.78, 5) is 22.3. The normalized spacial score (nSPS) is 12.8. The quantitative estimate of drug-likeness (QED) is 0.811. The summed E-state index contributed by atoms with van der Waals surface area (Å²) in [5.41, 5.74) is -2.01. The molecule has 0 aliphatic carbocycles. The van der Waals surface area contributed by atoms with Crippen LogP contribution in [0, 0.1) is 5.82 Å². The Hall–Kier alpha value is -2.16. The number of alkyl halides is 3. The summed E-state index contributed by atoms with van der Waals surface area (Å²) in [6.07, 6.45) is -6.27. The van der Waals surface area contributed by atoms with E-state index >= 15 is 0 Å². The largest absolute Gasteiger partial charge is 0.479 e. The monoisotopic (exact) mass is 309 g/mol. The molecule has 1 amide bonds. The van der Waals surface area contributed by atoms with E-state index in [2.05, 4.69) is 10.1 Å². The van der Waals surface area contributed by atoms with Crippen LogP contribution in [-0.2, 0) is 15.7 Å². The van der Waals surface area contributed by atoms with Gasteiger partial charge in [0.1, 0.15) is 5.82 Å². The molecule has 9 heteroatoms. The number of amides is 1. The minimum absolute atomic E-state index is 0.354. The average Bonchev–Trinajstić information content (AvgIpc) is 2.37. The second-order valence-electron chi connectivity index (χ2n) is 3.96. The average molecular weight is 309 g/mol. The molecule has 116 valence electrons. The van der Waals surface area contributed by atoms with Crippen molar-refractivity contribution in [1.29, 1.82) is 0 Å². The van der Waals surface area contributed by atoms with Crippen LogP contribution in [0.15, 0.2) is 18.2 Å². The van der Waals surface area contributed by atoms with Gasteiger partial charge < -0.3 is 15.2 Å². The molecule has 0 aromatic heterocycles. The number of hydrogen-bond acceptors (Lipinski definition) is 3. The van der Waals surface area contributed by atoms with Crippen molar-refractivity contribution in [3.8, 4) is 0 Å². The number of methoxy groups -OCH3 is 1. The fourth-order valence-corrected chi connectivity index (χ4v) is 1.44. The molecule has 1 aromatic rings. The zero-order valence-electron chi connectivity index (χ0n) is 10.7. The molecule has 1 rings (SSSR count). The molecule has 0 saturated carbocycles. The first-order valence-electron chi connectivity index (χ1n) is 5.57. The van der Waals surface area contributed by atoms with Crippen LogP contribution in [0.1, 0.15) is 15.9 Å². The van der Waals surface area contributed by atoms with Crippen molar-refractivity contribution in [2.24, 2.45) is 0 Å². The number of ether oxygens (including phenoxy) is 1. The zero-order valence-corrected chi connectivity index (χ0v) is 10.7. The van der Waals surface area contributed by atoms with E-state index < -0.39 is 47.6 Å². The molecular formula is C12H11F4NO4. The van der Waals surface area contributed by atoms with E-state index in [1.165, 1.54) is 0 Å². The van der Waals surface area contributed by atoms with Crippen LogP contribution >= 0.6 is 0 Å². The highest BCUT2D eigenvalue weighted by Gasteiger charge is 2.34. The smallest absolute Gasteiger partial charge is 0.419 e. The summed E-state index contributed by atoms with van der Waals surface area (Å²) in [6, 6.07) is 1.73.